The Hall–Kier alpha value is -2.66. The van der Waals surface area contributed by atoms with Gasteiger partial charge in [0.2, 0.25) is 5.91 Å². The van der Waals surface area contributed by atoms with Crippen LogP contribution in [0.25, 0.3) is 10.9 Å². The zero-order valence-corrected chi connectivity index (χ0v) is 16.0. The number of H-pyrrole nitrogens is 1. The number of carbonyl (C=O) groups excluding carboxylic acids is 1. The molecule has 0 radical (unpaired) electrons. The van der Waals surface area contributed by atoms with Crippen LogP contribution in [0.3, 0.4) is 0 Å². The van der Waals surface area contributed by atoms with E-state index in [2.05, 4.69) is 18.0 Å². The Morgan fingerprint density at radius 1 is 1.21 bits per heavy atom. The Labute approximate surface area is 164 Å². The Morgan fingerprint density at radius 3 is 2.68 bits per heavy atom. The van der Waals surface area contributed by atoms with E-state index in [-0.39, 0.29) is 23.8 Å². The van der Waals surface area contributed by atoms with Gasteiger partial charge in [-0.15, -0.1) is 0 Å². The number of hydrogen-bond donors (Lipinski definition) is 2. The smallest absolute Gasteiger partial charge is 0.249 e. The largest absolute Gasteiger partial charge is 0.387 e. The quantitative estimate of drug-likeness (QED) is 0.692. The fourth-order valence-electron chi connectivity index (χ4n) is 4.44. The molecule has 0 aliphatic carbocycles. The molecule has 0 spiro atoms. The lowest BCUT2D eigenvalue weighted by Gasteiger charge is -2.42. The number of aliphatic hydroxyl groups is 1. The molecule has 0 fully saturated rings. The standard InChI is InChI=1S/C23H25FN2O2/c1-2-3-6-17-13-19-18-7-4-5-8-20(18)25-22(19)23(26(17)21(28)14-27)15-9-11-16(24)12-10-15/h4-5,7-12,17,23,25,27H,2-3,6,13-14H2,1H3/t17-,23-/m0/s1. The molecule has 1 aliphatic heterocycles. The number of unbranched alkanes of at least 4 members (excludes halogenated alkanes) is 1. The highest BCUT2D eigenvalue weighted by molar-refractivity contribution is 5.87. The molecule has 1 aliphatic rings. The van der Waals surface area contributed by atoms with Crippen molar-refractivity contribution in [2.45, 2.75) is 44.7 Å². The molecule has 5 heteroatoms. The summed E-state index contributed by atoms with van der Waals surface area (Å²) in [5, 5.41) is 10.8. The lowest BCUT2D eigenvalue weighted by atomic mass is 9.86. The van der Waals surface area contributed by atoms with Crippen molar-refractivity contribution in [3.05, 3.63) is 71.2 Å². The van der Waals surface area contributed by atoms with Crippen molar-refractivity contribution >= 4 is 16.8 Å². The summed E-state index contributed by atoms with van der Waals surface area (Å²) in [6.07, 6.45) is 3.68. The summed E-state index contributed by atoms with van der Waals surface area (Å²) < 4.78 is 13.6. The fraction of sp³-hybridized carbons (Fsp3) is 0.348. The number of aliphatic hydroxyl groups excluding tert-OH is 1. The molecule has 2 atom stereocenters. The first-order valence-corrected chi connectivity index (χ1v) is 9.91. The van der Waals surface area contributed by atoms with Crippen LogP contribution in [-0.4, -0.2) is 33.5 Å². The Kier molecular flexibility index (Phi) is 5.18. The summed E-state index contributed by atoms with van der Waals surface area (Å²) in [5.41, 5.74) is 4.06. The molecule has 2 N–H and O–H groups in total. The molecule has 4 nitrogen and oxygen atoms in total. The van der Waals surface area contributed by atoms with E-state index >= 15 is 0 Å². The summed E-state index contributed by atoms with van der Waals surface area (Å²) >= 11 is 0. The molecule has 2 heterocycles. The summed E-state index contributed by atoms with van der Waals surface area (Å²) in [6, 6.07) is 14.1. The first-order chi connectivity index (χ1) is 13.6. The number of amides is 1. The number of aromatic nitrogens is 1. The molecular weight excluding hydrogens is 355 g/mol. The SMILES string of the molecule is CCCC[C@H]1Cc2c([nH]c3ccccc23)[C@H](c2ccc(F)cc2)N1C(=O)CO. The maximum absolute atomic E-state index is 13.6. The van der Waals surface area contributed by atoms with Crippen LogP contribution >= 0.6 is 0 Å². The van der Waals surface area contributed by atoms with Crippen LogP contribution in [0, 0.1) is 5.82 Å². The van der Waals surface area contributed by atoms with E-state index in [0.717, 1.165) is 42.5 Å². The minimum Gasteiger partial charge on any atom is -0.387 e. The second-order valence-corrected chi connectivity index (χ2v) is 7.48. The van der Waals surface area contributed by atoms with Crippen molar-refractivity contribution in [3.8, 4) is 0 Å². The van der Waals surface area contributed by atoms with E-state index in [4.69, 9.17) is 0 Å². The van der Waals surface area contributed by atoms with E-state index in [1.807, 2.05) is 18.2 Å². The molecule has 0 unspecified atom stereocenters. The maximum Gasteiger partial charge on any atom is 0.249 e. The number of halogens is 1. The van der Waals surface area contributed by atoms with Crippen molar-refractivity contribution < 1.29 is 14.3 Å². The van der Waals surface area contributed by atoms with Crippen molar-refractivity contribution in [3.63, 3.8) is 0 Å². The zero-order chi connectivity index (χ0) is 19.7. The predicted molar refractivity (Wildman–Crippen MR) is 107 cm³/mol. The molecular formula is C23H25FN2O2. The third kappa shape index (κ3) is 3.20. The second kappa shape index (κ2) is 7.76. The van der Waals surface area contributed by atoms with Gasteiger partial charge in [0, 0.05) is 22.6 Å². The minimum atomic E-state index is -0.532. The molecule has 1 amide bonds. The third-order valence-corrected chi connectivity index (χ3v) is 5.73. The van der Waals surface area contributed by atoms with Crippen LogP contribution in [0.4, 0.5) is 4.39 Å². The second-order valence-electron chi connectivity index (χ2n) is 7.48. The number of nitrogens with one attached hydrogen (secondary N) is 1. The Bertz CT molecular complexity index is 980. The van der Waals surface area contributed by atoms with E-state index in [9.17, 15) is 14.3 Å². The summed E-state index contributed by atoms with van der Waals surface area (Å²) in [7, 11) is 0. The van der Waals surface area contributed by atoms with Crippen LogP contribution in [-0.2, 0) is 11.2 Å². The average molecular weight is 380 g/mol. The van der Waals surface area contributed by atoms with E-state index < -0.39 is 6.61 Å². The van der Waals surface area contributed by atoms with Crippen molar-refractivity contribution in [2.75, 3.05) is 6.61 Å². The van der Waals surface area contributed by atoms with Crippen LogP contribution in [0.5, 0.6) is 0 Å². The molecule has 1 aromatic heterocycles. The monoisotopic (exact) mass is 380 g/mol. The first kappa shape index (κ1) is 18.7. The van der Waals surface area contributed by atoms with Gasteiger partial charge in [0.05, 0.1) is 6.04 Å². The maximum atomic E-state index is 13.6. The van der Waals surface area contributed by atoms with Gasteiger partial charge in [-0.1, -0.05) is 50.1 Å². The number of nitrogens with zero attached hydrogens (tertiary/aromatic N) is 1. The van der Waals surface area contributed by atoms with Gasteiger partial charge in [-0.05, 0) is 42.2 Å². The Balaban J connectivity index is 1.91. The predicted octanol–water partition coefficient (Wildman–Crippen LogP) is 4.33. The van der Waals surface area contributed by atoms with Gasteiger partial charge in [0.25, 0.3) is 0 Å². The molecule has 28 heavy (non-hydrogen) atoms. The number of hydrogen-bond acceptors (Lipinski definition) is 2. The van der Waals surface area contributed by atoms with Crippen LogP contribution in [0.2, 0.25) is 0 Å². The number of fused-ring (bicyclic) bond motifs is 3. The minimum absolute atomic E-state index is 0.00126. The normalized spacial score (nSPS) is 19.0. The summed E-state index contributed by atoms with van der Waals surface area (Å²) in [5.74, 6) is -0.598. The number of rotatable bonds is 5. The molecule has 0 saturated heterocycles. The van der Waals surface area contributed by atoms with Gasteiger partial charge < -0.3 is 15.0 Å². The molecule has 0 saturated carbocycles. The highest BCUT2D eigenvalue weighted by Crippen LogP contribution is 2.41. The number of carbonyl (C=O) groups is 1. The van der Waals surface area contributed by atoms with Crippen LogP contribution < -0.4 is 0 Å². The molecule has 2 aromatic carbocycles. The first-order valence-electron chi connectivity index (χ1n) is 9.91. The average Bonchev–Trinajstić information content (AvgIpc) is 3.09. The van der Waals surface area contributed by atoms with E-state index in [0.29, 0.717) is 0 Å². The molecule has 0 bridgehead atoms. The van der Waals surface area contributed by atoms with Gasteiger partial charge in [-0.3, -0.25) is 4.79 Å². The molecule has 146 valence electrons. The highest BCUT2D eigenvalue weighted by atomic mass is 19.1. The van der Waals surface area contributed by atoms with Crippen molar-refractivity contribution in [2.24, 2.45) is 0 Å². The lowest BCUT2D eigenvalue weighted by molar-refractivity contribution is -0.139. The van der Waals surface area contributed by atoms with Gasteiger partial charge in [0.15, 0.2) is 0 Å². The van der Waals surface area contributed by atoms with Gasteiger partial charge in [-0.2, -0.15) is 0 Å². The number of para-hydroxylation sites is 1. The highest BCUT2D eigenvalue weighted by Gasteiger charge is 2.39. The van der Waals surface area contributed by atoms with Gasteiger partial charge >= 0.3 is 0 Å². The fourth-order valence-corrected chi connectivity index (χ4v) is 4.44. The number of benzene rings is 2. The van der Waals surface area contributed by atoms with E-state index in [1.165, 1.54) is 23.1 Å². The van der Waals surface area contributed by atoms with Gasteiger partial charge in [-0.25, -0.2) is 4.39 Å². The van der Waals surface area contributed by atoms with Gasteiger partial charge in [0.1, 0.15) is 12.4 Å². The van der Waals surface area contributed by atoms with E-state index in [1.54, 1.807) is 17.0 Å². The Morgan fingerprint density at radius 2 is 1.96 bits per heavy atom. The zero-order valence-electron chi connectivity index (χ0n) is 16.0. The topological polar surface area (TPSA) is 56.3 Å². The van der Waals surface area contributed by atoms with Crippen molar-refractivity contribution in [1.82, 2.24) is 9.88 Å². The molecule has 4 rings (SSSR count). The van der Waals surface area contributed by atoms with Crippen LogP contribution in [0.1, 0.15) is 49.0 Å². The number of aromatic amines is 1. The lowest BCUT2D eigenvalue weighted by Crippen LogP contribution is -2.48. The summed E-state index contributed by atoms with van der Waals surface area (Å²) in [4.78, 5) is 18.1. The van der Waals surface area contributed by atoms with Crippen molar-refractivity contribution in [1.29, 1.82) is 0 Å². The van der Waals surface area contributed by atoms with Crippen LogP contribution in [0.15, 0.2) is 48.5 Å². The third-order valence-electron chi connectivity index (χ3n) is 5.73. The molecule has 3 aromatic rings. The summed E-state index contributed by atoms with van der Waals surface area (Å²) in [6.45, 7) is 1.60.